The molecule has 0 fully saturated rings. The van der Waals surface area contributed by atoms with Gasteiger partial charge < -0.3 is 14.8 Å². The van der Waals surface area contributed by atoms with E-state index in [9.17, 15) is 14.4 Å². The molecule has 132 valence electrons. The van der Waals surface area contributed by atoms with Crippen LogP contribution in [-0.4, -0.2) is 31.4 Å². The number of thiophene rings is 1. The third-order valence-electron chi connectivity index (χ3n) is 3.15. The number of esters is 1. The molecule has 6 nitrogen and oxygen atoms in total. The summed E-state index contributed by atoms with van der Waals surface area (Å²) in [6.07, 6.45) is -0.0971. The molecule has 0 saturated heterocycles. The Bertz CT molecular complexity index is 774. The number of carbonyl (C=O) groups excluding carboxylic acids is 3. The Hall–Kier alpha value is -2.38. The van der Waals surface area contributed by atoms with Gasteiger partial charge in [-0.3, -0.25) is 14.4 Å². The molecule has 8 heteroatoms. The van der Waals surface area contributed by atoms with Crippen LogP contribution in [-0.2, 0) is 14.3 Å². The average molecular weight is 382 g/mol. The molecule has 2 aromatic rings. The number of rotatable bonds is 8. The van der Waals surface area contributed by atoms with Gasteiger partial charge in [-0.25, -0.2) is 0 Å². The van der Waals surface area contributed by atoms with Crippen molar-refractivity contribution < 1.29 is 23.9 Å². The normalized spacial score (nSPS) is 10.2. The molecule has 0 saturated carbocycles. The Morgan fingerprint density at radius 2 is 1.88 bits per heavy atom. The lowest BCUT2D eigenvalue weighted by molar-refractivity contribution is -0.147. The van der Waals surface area contributed by atoms with Gasteiger partial charge in [-0.1, -0.05) is 23.7 Å². The van der Waals surface area contributed by atoms with Gasteiger partial charge in [0, 0.05) is 6.42 Å². The number of hydrogen-bond acceptors (Lipinski definition) is 6. The van der Waals surface area contributed by atoms with E-state index in [1.54, 1.807) is 36.4 Å². The summed E-state index contributed by atoms with van der Waals surface area (Å²) in [5, 5.41) is 2.59. The number of ketones is 1. The second kappa shape index (κ2) is 9.19. The number of benzene rings is 1. The second-order valence-electron chi connectivity index (χ2n) is 4.94. The summed E-state index contributed by atoms with van der Waals surface area (Å²) in [6.45, 7) is -0.435. The Kier molecular flexibility index (Phi) is 6.97. The monoisotopic (exact) mass is 381 g/mol. The Morgan fingerprint density at radius 3 is 2.56 bits per heavy atom. The van der Waals surface area contributed by atoms with Crippen molar-refractivity contribution in [1.82, 2.24) is 0 Å². The zero-order valence-corrected chi connectivity index (χ0v) is 15.0. The first-order valence-corrected chi connectivity index (χ1v) is 8.56. The van der Waals surface area contributed by atoms with E-state index < -0.39 is 18.5 Å². The topological polar surface area (TPSA) is 81.7 Å². The van der Waals surface area contributed by atoms with Crippen LogP contribution in [0.15, 0.2) is 36.4 Å². The highest BCUT2D eigenvalue weighted by Crippen LogP contribution is 2.23. The van der Waals surface area contributed by atoms with Crippen LogP contribution in [0.1, 0.15) is 22.5 Å². The molecule has 2 rings (SSSR count). The molecule has 0 bridgehead atoms. The summed E-state index contributed by atoms with van der Waals surface area (Å²) in [5.41, 5.74) is 0.482. The predicted molar refractivity (Wildman–Crippen MR) is 95.5 cm³/mol. The van der Waals surface area contributed by atoms with Gasteiger partial charge >= 0.3 is 5.97 Å². The van der Waals surface area contributed by atoms with Gasteiger partial charge in [0.05, 0.1) is 28.4 Å². The number of ether oxygens (including phenoxy) is 2. The summed E-state index contributed by atoms with van der Waals surface area (Å²) >= 11 is 6.92. The quantitative estimate of drug-likeness (QED) is 0.558. The van der Waals surface area contributed by atoms with E-state index in [-0.39, 0.29) is 18.6 Å². The van der Waals surface area contributed by atoms with E-state index >= 15 is 0 Å². The summed E-state index contributed by atoms with van der Waals surface area (Å²) in [5.74, 6) is -0.796. The molecule has 0 aliphatic heterocycles. The number of carbonyl (C=O) groups is 3. The molecule has 1 amide bonds. The molecule has 25 heavy (non-hydrogen) atoms. The molecule has 0 unspecified atom stereocenters. The van der Waals surface area contributed by atoms with E-state index in [1.807, 2.05) is 0 Å². The van der Waals surface area contributed by atoms with Crippen LogP contribution in [0.2, 0.25) is 4.34 Å². The van der Waals surface area contributed by atoms with Crippen LogP contribution in [0.25, 0.3) is 0 Å². The van der Waals surface area contributed by atoms with E-state index in [4.69, 9.17) is 21.1 Å². The van der Waals surface area contributed by atoms with Gasteiger partial charge in [0.15, 0.2) is 12.4 Å². The molecule has 1 aromatic heterocycles. The molecular formula is C17H16ClNO5S. The van der Waals surface area contributed by atoms with Crippen LogP contribution in [0, 0.1) is 0 Å². The SMILES string of the molecule is COc1ccccc1NC(=O)COC(=O)CCC(=O)c1ccc(Cl)s1. The number of anilines is 1. The number of para-hydroxylation sites is 2. The van der Waals surface area contributed by atoms with Gasteiger partial charge in [0.25, 0.3) is 5.91 Å². The van der Waals surface area contributed by atoms with Gasteiger partial charge in [0.1, 0.15) is 5.75 Å². The Morgan fingerprint density at radius 1 is 1.12 bits per heavy atom. The first-order valence-electron chi connectivity index (χ1n) is 7.36. The van der Waals surface area contributed by atoms with Gasteiger partial charge in [-0.2, -0.15) is 0 Å². The first kappa shape index (κ1) is 19.0. The fraction of sp³-hybridized carbons (Fsp3) is 0.235. The van der Waals surface area contributed by atoms with Gasteiger partial charge in [0.2, 0.25) is 0 Å². The minimum atomic E-state index is -0.619. The van der Waals surface area contributed by atoms with Crippen LogP contribution < -0.4 is 10.1 Å². The number of hydrogen-bond donors (Lipinski definition) is 1. The zero-order chi connectivity index (χ0) is 18.2. The fourth-order valence-electron chi connectivity index (χ4n) is 1.96. The van der Waals surface area contributed by atoms with E-state index in [2.05, 4.69) is 5.32 Å². The lowest BCUT2D eigenvalue weighted by Gasteiger charge is -2.10. The summed E-state index contributed by atoms with van der Waals surface area (Å²) in [7, 11) is 1.49. The molecular weight excluding hydrogens is 366 g/mol. The largest absolute Gasteiger partial charge is 0.495 e. The molecule has 1 heterocycles. The van der Waals surface area contributed by atoms with Crippen LogP contribution in [0.5, 0.6) is 5.75 Å². The summed E-state index contributed by atoms with van der Waals surface area (Å²) < 4.78 is 10.5. The smallest absolute Gasteiger partial charge is 0.306 e. The number of Topliss-reactive ketones (excluding diaryl/α,β-unsaturated/α-hetero) is 1. The number of halogens is 1. The number of nitrogens with one attached hydrogen (secondary N) is 1. The molecule has 0 aliphatic rings. The first-order chi connectivity index (χ1) is 12.0. The molecule has 1 aromatic carbocycles. The molecule has 1 N–H and O–H groups in total. The molecule has 0 radical (unpaired) electrons. The van der Waals surface area contributed by atoms with Crippen molar-refractivity contribution in [2.45, 2.75) is 12.8 Å². The minimum absolute atomic E-state index is 0.00377. The standard InChI is InChI=1S/C17H16ClNO5S/c1-23-13-5-3-2-4-11(13)19-16(21)10-24-17(22)9-6-12(20)14-7-8-15(18)25-14/h2-5,7-8H,6,9-10H2,1H3,(H,19,21). The van der Waals surface area contributed by atoms with E-state index in [0.29, 0.717) is 20.7 Å². The van der Waals surface area contributed by atoms with Crippen molar-refractivity contribution in [3.63, 3.8) is 0 Å². The van der Waals surface area contributed by atoms with Crippen molar-refractivity contribution >= 4 is 46.3 Å². The van der Waals surface area contributed by atoms with Crippen molar-refractivity contribution in [3.05, 3.63) is 45.6 Å². The maximum Gasteiger partial charge on any atom is 0.306 e. The van der Waals surface area contributed by atoms with Crippen LogP contribution in [0.4, 0.5) is 5.69 Å². The van der Waals surface area contributed by atoms with Crippen LogP contribution in [0.3, 0.4) is 0 Å². The molecule has 0 aliphatic carbocycles. The van der Waals surface area contributed by atoms with Gasteiger partial charge in [-0.15, -0.1) is 11.3 Å². The van der Waals surface area contributed by atoms with E-state index in [1.165, 1.54) is 7.11 Å². The van der Waals surface area contributed by atoms with Crippen molar-refractivity contribution in [2.75, 3.05) is 19.0 Å². The third-order valence-corrected chi connectivity index (χ3v) is 4.42. The number of amides is 1. The van der Waals surface area contributed by atoms with Gasteiger partial charge in [-0.05, 0) is 24.3 Å². The highest BCUT2D eigenvalue weighted by Gasteiger charge is 2.14. The zero-order valence-electron chi connectivity index (χ0n) is 13.4. The fourth-order valence-corrected chi connectivity index (χ4v) is 2.97. The van der Waals surface area contributed by atoms with Crippen LogP contribution >= 0.6 is 22.9 Å². The highest BCUT2D eigenvalue weighted by molar-refractivity contribution is 7.18. The minimum Gasteiger partial charge on any atom is -0.495 e. The molecule has 0 spiro atoms. The van der Waals surface area contributed by atoms with E-state index in [0.717, 1.165) is 11.3 Å². The van der Waals surface area contributed by atoms with Crippen molar-refractivity contribution in [2.24, 2.45) is 0 Å². The Balaban J connectivity index is 1.74. The summed E-state index contributed by atoms with van der Waals surface area (Å²) in [6, 6.07) is 10.1. The lowest BCUT2D eigenvalue weighted by Crippen LogP contribution is -2.21. The average Bonchev–Trinajstić information content (AvgIpc) is 3.05. The van der Waals surface area contributed by atoms with Crippen molar-refractivity contribution in [1.29, 1.82) is 0 Å². The maximum absolute atomic E-state index is 11.9. The lowest BCUT2D eigenvalue weighted by atomic mass is 10.2. The summed E-state index contributed by atoms with van der Waals surface area (Å²) in [4.78, 5) is 35.8. The Labute approximate surface area is 153 Å². The van der Waals surface area contributed by atoms with Crippen molar-refractivity contribution in [3.8, 4) is 5.75 Å². The predicted octanol–water partition coefficient (Wildman–Crippen LogP) is 3.55. The highest BCUT2D eigenvalue weighted by atomic mass is 35.5. The molecule has 0 atom stereocenters. The second-order valence-corrected chi connectivity index (χ2v) is 6.65. The third kappa shape index (κ3) is 5.88. The number of methoxy groups -OCH3 is 1. The maximum atomic E-state index is 11.9.